The molecule has 0 bridgehead atoms. The van der Waals surface area contributed by atoms with Crippen molar-refractivity contribution in [1.29, 1.82) is 5.26 Å². The summed E-state index contributed by atoms with van der Waals surface area (Å²) in [4.78, 5) is 17.3. The zero-order chi connectivity index (χ0) is 15.9. The SMILES string of the molecule is N#CC1=C(N)Oc2[nH]c(=S)[nH]c(=O)c2[C@H]1c1ccccc1F. The maximum Gasteiger partial charge on any atom is 0.259 e. The Bertz CT molecular complexity index is 954. The molecule has 1 aliphatic rings. The maximum atomic E-state index is 14.2. The zero-order valence-electron chi connectivity index (χ0n) is 11.0. The largest absolute Gasteiger partial charge is 0.424 e. The molecule has 0 radical (unpaired) electrons. The van der Waals surface area contributed by atoms with E-state index in [0.29, 0.717) is 0 Å². The molecule has 1 aromatic heterocycles. The predicted octanol–water partition coefficient (Wildman–Crippen LogP) is 1.79. The number of hydrogen-bond acceptors (Lipinski definition) is 5. The van der Waals surface area contributed by atoms with Crippen LogP contribution >= 0.6 is 12.2 Å². The van der Waals surface area contributed by atoms with Crippen molar-refractivity contribution >= 4 is 12.2 Å². The standard InChI is InChI=1S/C14H9FN4O2S/c15-8-4-2-1-3-6(8)9-7(5-16)11(17)21-13-10(9)12(20)18-14(22)19-13/h1-4,9H,17H2,(H2,18,19,20,22)/t9-/m0/s1. The molecule has 0 spiro atoms. The Hall–Kier alpha value is -2.92. The second-order valence-corrected chi connectivity index (χ2v) is 5.01. The average Bonchev–Trinajstić information content (AvgIpc) is 2.46. The molecule has 8 heteroatoms. The van der Waals surface area contributed by atoms with Crippen LogP contribution in [0.1, 0.15) is 17.0 Å². The van der Waals surface area contributed by atoms with Crippen LogP contribution in [0, 0.1) is 21.9 Å². The molecule has 1 aliphatic heterocycles. The number of hydrogen-bond donors (Lipinski definition) is 3. The van der Waals surface area contributed by atoms with Gasteiger partial charge in [0.05, 0.1) is 11.5 Å². The van der Waals surface area contributed by atoms with Crippen molar-refractivity contribution in [2.45, 2.75) is 5.92 Å². The minimum Gasteiger partial charge on any atom is -0.424 e. The Morgan fingerprint density at radius 3 is 2.77 bits per heavy atom. The Kier molecular flexibility index (Phi) is 3.27. The average molecular weight is 316 g/mol. The van der Waals surface area contributed by atoms with Crippen molar-refractivity contribution in [3.8, 4) is 11.9 Å². The van der Waals surface area contributed by atoms with Crippen LogP contribution in [0.2, 0.25) is 0 Å². The fraction of sp³-hybridized carbons (Fsp3) is 0.0714. The molecule has 6 nitrogen and oxygen atoms in total. The van der Waals surface area contributed by atoms with Crippen LogP contribution in [-0.2, 0) is 0 Å². The number of nitrogens with zero attached hydrogens (tertiary/aromatic N) is 1. The lowest BCUT2D eigenvalue weighted by Crippen LogP contribution is -2.29. The number of benzene rings is 1. The zero-order valence-corrected chi connectivity index (χ0v) is 11.8. The molecule has 0 amide bonds. The first kappa shape index (κ1) is 14.0. The van der Waals surface area contributed by atoms with Crippen molar-refractivity contribution in [2.24, 2.45) is 5.73 Å². The Balaban J connectivity index is 2.38. The molecule has 4 N–H and O–H groups in total. The lowest BCUT2D eigenvalue weighted by Gasteiger charge is -2.25. The molecular formula is C14H9FN4O2S. The van der Waals surface area contributed by atoms with E-state index >= 15 is 0 Å². The highest BCUT2D eigenvalue weighted by atomic mass is 32.1. The molecule has 22 heavy (non-hydrogen) atoms. The van der Waals surface area contributed by atoms with Gasteiger partial charge in [-0.15, -0.1) is 0 Å². The fourth-order valence-corrected chi connectivity index (χ4v) is 2.59. The van der Waals surface area contributed by atoms with E-state index in [-0.39, 0.29) is 33.2 Å². The van der Waals surface area contributed by atoms with E-state index < -0.39 is 17.3 Å². The Morgan fingerprint density at radius 2 is 2.09 bits per heavy atom. The molecule has 2 aromatic rings. The van der Waals surface area contributed by atoms with Crippen LogP contribution in [0.4, 0.5) is 4.39 Å². The van der Waals surface area contributed by atoms with Gasteiger partial charge in [-0.25, -0.2) is 4.39 Å². The number of nitrogens with two attached hydrogens (primary N) is 1. The Morgan fingerprint density at radius 1 is 1.36 bits per heavy atom. The van der Waals surface area contributed by atoms with Crippen LogP contribution in [0.25, 0.3) is 0 Å². The molecule has 3 rings (SSSR count). The van der Waals surface area contributed by atoms with Crippen LogP contribution in [-0.4, -0.2) is 9.97 Å². The summed E-state index contributed by atoms with van der Waals surface area (Å²) in [7, 11) is 0. The minimum absolute atomic E-state index is 0.0125. The van der Waals surface area contributed by atoms with Crippen molar-refractivity contribution in [3.63, 3.8) is 0 Å². The van der Waals surface area contributed by atoms with Crippen molar-refractivity contribution in [3.05, 3.63) is 67.8 Å². The number of aromatic nitrogens is 2. The fourth-order valence-electron chi connectivity index (χ4n) is 2.41. The van der Waals surface area contributed by atoms with Gasteiger partial charge in [0.15, 0.2) is 4.77 Å². The van der Waals surface area contributed by atoms with Crippen LogP contribution < -0.4 is 16.0 Å². The quantitative estimate of drug-likeness (QED) is 0.695. The molecule has 0 unspecified atom stereocenters. The van der Waals surface area contributed by atoms with Gasteiger partial charge in [-0.05, 0) is 18.3 Å². The van der Waals surface area contributed by atoms with E-state index in [4.69, 9.17) is 22.7 Å². The minimum atomic E-state index is -0.967. The molecule has 110 valence electrons. The number of nitriles is 1. The third-order valence-corrected chi connectivity index (χ3v) is 3.54. The van der Waals surface area contributed by atoms with Gasteiger partial charge in [-0.3, -0.25) is 9.78 Å². The number of fused-ring (bicyclic) bond motifs is 1. The summed E-state index contributed by atoms with van der Waals surface area (Å²) in [6.07, 6.45) is 0. The summed E-state index contributed by atoms with van der Waals surface area (Å²) in [5.41, 5.74) is 5.35. The number of nitrogens with one attached hydrogen (secondary N) is 2. The van der Waals surface area contributed by atoms with Gasteiger partial charge < -0.3 is 15.5 Å². The molecule has 1 aromatic carbocycles. The molecule has 1 atom stereocenters. The lowest BCUT2D eigenvalue weighted by atomic mass is 9.85. The normalized spacial score (nSPS) is 16.6. The number of halogens is 1. The monoisotopic (exact) mass is 316 g/mol. The smallest absolute Gasteiger partial charge is 0.259 e. The third kappa shape index (κ3) is 2.08. The summed E-state index contributed by atoms with van der Waals surface area (Å²) in [5.74, 6) is -1.70. The highest BCUT2D eigenvalue weighted by Gasteiger charge is 2.35. The highest BCUT2D eigenvalue weighted by molar-refractivity contribution is 7.71. The Labute approximate surface area is 128 Å². The van der Waals surface area contributed by atoms with E-state index in [9.17, 15) is 14.4 Å². The molecule has 0 saturated carbocycles. The van der Waals surface area contributed by atoms with Crippen LogP contribution in [0.15, 0.2) is 40.5 Å². The second-order valence-electron chi connectivity index (χ2n) is 4.60. The summed E-state index contributed by atoms with van der Waals surface area (Å²) in [5, 5.41) is 9.32. The van der Waals surface area contributed by atoms with Gasteiger partial charge in [-0.2, -0.15) is 5.26 Å². The van der Waals surface area contributed by atoms with Crippen molar-refractivity contribution in [1.82, 2.24) is 9.97 Å². The summed E-state index contributed by atoms with van der Waals surface area (Å²) in [6.45, 7) is 0. The first-order valence-electron chi connectivity index (χ1n) is 6.21. The van der Waals surface area contributed by atoms with Gasteiger partial charge >= 0.3 is 0 Å². The van der Waals surface area contributed by atoms with Crippen molar-refractivity contribution < 1.29 is 9.13 Å². The molecule has 2 heterocycles. The molecule has 0 aliphatic carbocycles. The number of allylic oxidation sites excluding steroid dienone is 1. The third-order valence-electron chi connectivity index (χ3n) is 3.33. The molecule has 0 saturated heterocycles. The number of aromatic amines is 2. The maximum absolute atomic E-state index is 14.2. The molecule has 0 fully saturated rings. The second kappa shape index (κ2) is 5.13. The van der Waals surface area contributed by atoms with Gasteiger partial charge in [0, 0.05) is 5.56 Å². The number of rotatable bonds is 1. The predicted molar refractivity (Wildman–Crippen MR) is 77.9 cm³/mol. The lowest BCUT2D eigenvalue weighted by molar-refractivity contribution is 0.373. The first-order valence-corrected chi connectivity index (χ1v) is 6.62. The summed E-state index contributed by atoms with van der Waals surface area (Å²) in [6, 6.07) is 7.74. The van der Waals surface area contributed by atoms with Crippen LogP contribution in [0.3, 0.4) is 0 Å². The molecular weight excluding hydrogens is 307 g/mol. The summed E-state index contributed by atoms with van der Waals surface area (Å²) >= 11 is 4.88. The van der Waals surface area contributed by atoms with Gasteiger partial charge in [0.25, 0.3) is 5.56 Å². The van der Waals surface area contributed by atoms with Crippen molar-refractivity contribution in [2.75, 3.05) is 0 Å². The topological polar surface area (TPSA) is 108 Å². The van der Waals surface area contributed by atoms with E-state index in [0.717, 1.165) is 0 Å². The first-order chi connectivity index (χ1) is 10.5. The van der Waals surface area contributed by atoms with Gasteiger partial charge in [-0.1, -0.05) is 18.2 Å². The van der Waals surface area contributed by atoms with Crippen LogP contribution in [0.5, 0.6) is 5.88 Å². The van der Waals surface area contributed by atoms with Gasteiger partial charge in [0.1, 0.15) is 17.5 Å². The van der Waals surface area contributed by atoms with E-state index in [2.05, 4.69) is 9.97 Å². The summed E-state index contributed by atoms with van der Waals surface area (Å²) < 4.78 is 19.5. The number of H-pyrrole nitrogens is 2. The number of ether oxygens (including phenoxy) is 1. The van der Waals surface area contributed by atoms with Gasteiger partial charge in [0.2, 0.25) is 11.8 Å². The van der Waals surface area contributed by atoms with E-state index in [1.807, 2.05) is 6.07 Å². The van der Waals surface area contributed by atoms with E-state index in [1.165, 1.54) is 18.2 Å². The highest BCUT2D eigenvalue weighted by Crippen LogP contribution is 2.39. The van der Waals surface area contributed by atoms with E-state index in [1.54, 1.807) is 6.07 Å².